The van der Waals surface area contributed by atoms with E-state index >= 15 is 0 Å². The van der Waals surface area contributed by atoms with Gasteiger partial charge in [0.1, 0.15) is 6.07 Å². The molecule has 2 aliphatic rings. The molecule has 0 unspecified atom stereocenters. The average molecular weight is 317 g/mol. The van der Waals surface area contributed by atoms with Gasteiger partial charge >= 0.3 is 0 Å². The summed E-state index contributed by atoms with van der Waals surface area (Å²) in [6, 6.07) is 1.49. The molecular formula is C21H32FN. The first kappa shape index (κ1) is 18.2. The third kappa shape index (κ3) is 6.13. The largest absolute Gasteiger partial charge is 0.199 e. The van der Waals surface area contributed by atoms with E-state index in [1.165, 1.54) is 76.4 Å². The molecule has 0 aromatic heterocycles. The molecule has 0 amide bonds. The lowest BCUT2D eigenvalue weighted by Gasteiger charge is -2.37. The Morgan fingerprint density at radius 2 is 1.57 bits per heavy atom. The van der Waals surface area contributed by atoms with E-state index in [0.717, 1.165) is 30.1 Å². The van der Waals surface area contributed by atoms with Crippen LogP contribution in [0.15, 0.2) is 24.1 Å². The van der Waals surface area contributed by atoms with Gasteiger partial charge in [0.2, 0.25) is 0 Å². The van der Waals surface area contributed by atoms with E-state index in [-0.39, 0.29) is 0 Å². The first-order chi connectivity index (χ1) is 11.2. The number of nitrogens with zero attached hydrogens (tertiary/aromatic N) is 1. The molecule has 2 heteroatoms. The lowest BCUT2D eigenvalue weighted by molar-refractivity contribution is 0.143. The van der Waals surface area contributed by atoms with Crippen molar-refractivity contribution in [1.29, 1.82) is 5.26 Å². The Balaban J connectivity index is 1.62. The summed E-state index contributed by atoms with van der Waals surface area (Å²) in [5.41, 5.74) is 0. The molecule has 0 N–H and O–H groups in total. The first-order valence-electron chi connectivity index (χ1n) is 9.65. The molecule has 128 valence electrons. The summed E-state index contributed by atoms with van der Waals surface area (Å²) >= 11 is 0. The predicted octanol–water partition coefficient (Wildman–Crippen LogP) is 6.72. The van der Waals surface area contributed by atoms with E-state index < -0.39 is 5.83 Å². The van der Waals surface area contributed by atoms with E-state index in [1.807, 2.05) is 6.08 Å². The highest BCUT2D eigenvalue weighted by Crippen LogP contribution is 2.42. The van der Waals surface area contributed by atoms with Gasteiger partial charge in [0.15, 0.2) is 5.83 Å². The molecule has 1 nitrogen and oxygen atoms in total. The second-order valence-corrected chi connectivity index (χ2v) is 7.60. The van der Waals surface area contributed by atoms with Crippen molar-refractivity contribution in [2.45, 2.75) is 77.6 Å². The second-order valence-electron chi connectivity index (χ2n) is 7.60. The lowest BCUT2D eigenvalue weighted by atomic mass is 9.68. The Labute approximate surface area is 141 Å². The van der Waals surface area contributed by atoms with Gasteiger partial charge in [-0.3, -0.25) is 0 Å². The predicted molar refractivity (Wildman–Crippen MR) is 94.4 cm³/mol. The molecule has 2 aliphatic carbocycles. The molecular weight excluding hydrogens is 285 g/mol. The zero-order valence-corrected chi connectivity index (χ0v) is 14.6. The van der Waals surface area contributed by atoms with Crippen molar-refractivity contribution in [2.24, 2.45) is 23.7 Å². The molecule has 0 heterocycles. The van der Waals surface area contributed by atoms with Crippen molar-refractivity contribution in [3.8, 4) is 6.07 Å². The summed E-state index contributed by atoms with van der Waals surface area (Å²) in [6.07, 6.45) is 20.0. The zero-order valence-electron chi connectivity index (χ0n) is 14.6. The minimum absolute atomic E-state index is 0.709. The molecule has 0 saturated heterocycles. The highest BCUT2D eigenvalue weighted by molar-refractivity contribution is 5.18. The van der Waals surface area contributed by atoms with Crippen LogP contribution in [0.2, 0.25) is 0 Å². The van der Waals surface area contributed by atoms with Crippen molar-refractivity contribution >= 4 is 0 Å². The van der Waals surface area contributed by atoms with Gasteiger partial charge in [-0.05, 0) is 68.3 Å². The Kier molecular flexibility index (Phi) is 7.86. The number of rotatable bonds is 6. The summed E-state index contributed by atoms with van der Waals surface area (Å²) in [5.74, 6) is 3.16. The van der Waals surface area contributed by atoms with Crippen LogP contribution in [0, 0.1) is 35.0 Å². The van der Waals surface area contributed by atoms with Gasteiger partial charge in [-0.2, -0.15) is 9.65 Å². The van der Waals surface area contributed by atoms with E-state index in [0.29, 0.717) is 0 Å². The van der Waals surface area contributed by atoms with Crippen LogP contribution < -0.4 is 0 Å². The maximum Gasteiger partial charge on any atom is 0.199 e. The Morgan fingerprint density at radius 1 is 1.00 bits per heavy atom. The first-order valence-corrected chi connectivity index (χ1v) is 9.65. The van der Waals surface area contributed by atoms with Crippen molar-refractivity contribution in [1.82, 2.24) is 0 Å². The zero-order chi connectivity index (χ0) is 16.5. The summed E-state index contributed by atoms with van der Waals surface area (Å²) in [7, 11) is 0. The van der Waals surface area contributed by atoms with Gasteiger partial charge in [-0.25, -0.2) is 0 Å². The molecule has 23 heavy (non-hydrogen) atoms. The monoisotopic (exact) mass is 317 g/mol. The van der Waals surface area contributed by atoms with Crippen LogP contribution >= 0.6 is 0 Å². The Morgan fingerprint density at radius 3 is 2.09 bits per heavy atom. The normalized spacial score (nSPS) is 32.8. The fraction of sp³-hybridized carbons (Fsp3) is 0.762. The van der Waals surface area contributed by atoms with Crippen molar-refractivity contribution in [3.63, 3.8) is 0 Å². The van der Waals surface area contributed by atoms with Crippen molar-refractivity contribution < 1.29 is 4.39 Å². The Bertz CT molecular complexity index is 429. The minimum Gasteiger partial charge on any atom is -0.195 e. The maximum absolute atomic E-state index is 12.6. The van der Waals surface area contributed by atoms with Crippen LogP contribution in [-0.4, -0.2) is 0 Å². The van der Waals surface area contributed by atoms with Crippen LogP contribution in [0.25, 0.3) is 0 Å². The van der Waals surface area contributed by atoms with Gasteiger partial charge in [0.05, 0.1) is 0 Å². The summed E-state index contributed by atoms with van der Waals surface area (Å²) in [6.45, 7) is 2.34. The maximum atomic E-state index is 12.6. The second kappa shape index (κ2) is 9.91. The third-order valence-corrected chi connectivity index (χ3v) is 6.25. The molecule has 2 fully saturated rings. The number of nitriles is 1. The number of allylic oxidation sites excluding steroid dienone is 4. The summed E-state index contributed by atoms with van der Waals surface area (Å²) in [5, 5.41) is 8.33. The lowest BCUT2D eigenvalue weighted by Crippen LogP contribution is -2.25. The number of halogens is 1. The van der Waals surface area contributed by atoms with Gasteiger partial charge in [-0.15, -0.1) is 0 Å². The van der Waals surface area contributed by atoms with E-state index in [4.69, 9.17) is 5.26 Å². The van der Waals surface area contributed by atoms with Crippen molar-refractivity contribution in [3.05, 3.63) is 24.1 Å². The molecule has 0 spiro atoms. The Hall–Kier alpha value is -1.10. The van der Waals surface area contributed by atoms with E-state index in [1.54, 1.807) is 6.08 Å². The quantitative estimate of drug-likeness (QED) is 0.394. The molecule has 0 aromatic carbocycles. The SMILES string of the molecule is CCC1CCC(C2CCC(CC/C=C/C=C(\F)C#N)CC2)CC1. The molecule has 0 atom stereocenters. The van der Waals surface area contributed by atoms with Gasteiger partial charge in [-0.1, -0.05) is 51.2 Å². The molecule has 0 aliphatic heterocycles. The van der Waals surface area contributed by atoms with Crippen molar-refractivity contribution in [2.75, 3.05) is 0 Å². The van der Waals surface area contributed by atoms with Crippen LogP contribution in [0.5, 0.6) is 0 Å². The smallest absolute Gasteiger partial charge is 0.195 e. The average Bonchev–Trinajstić information content (AvgIpc) is 2.62. The van der Waals surface area contributed by atoms with Crippen LogP contribution in [-0.2, 0) is 0 Å². The number of hydrogen-bond acceptors (Lipinski definition) is 1. The highest BCUT2D eigenvalue weighted by atomic mass is 19.1. The third-order valence-electron chi connectivity index (χ3n) is 6.25. The van der Waals surface area contributed by atoms with E-state index in [2.05, 4.69) is 6.92 Å². The fourth-order valence-corrected chi connectivity index (χ4v) is 4.63. The van der Waals surface area contributed by atoms with Crippen LogP contribution in [0.1, 0.15) is 77.6 Å². The van der Waals surface area contributed by atoms with Crippen LogP contribution in [0.3, 0.4) is 0 Å². The summed E-state index contributed by atoms with van der Waals surface area (Å²) < 4.78 is 12.6. The molecule has 0 aromatic rings. The molecule has 0 bridgehead atoms. The van der Waals surface area contributed by atoms with Crippen LogP contribution in [0.4, 0.5) is 4.39 Å². The van der Waals surface area contributed by atoms with E-state index in [9.17, 15) is 4.39 Å². The van der Waals surface area contributed by atoms with Gasteiger partial charge < -0.3 is 0 Å². The van der Waals surface area contributed by atoms with Gasteiger partial charge in [0.25, 0.3) is 0 Å². The van der Waals surface area contributed by atoms with Gasteiger partial charge in [0, 0.05) is 0 Å². The molecule has 2 rings (SSSR count). The minimum atomic E-state index is -0.709. The summed E-state index contributed by atoms with van der Waals surface area (Å²) in [4.78, 5) is 0. The highest BCUT2D eigenvalue weighted by Gasteiger charge is 2.30. The fourth-order valence-electron chi connectivity index (χ4n) is 4.63. The standard InChI is InChI=1S/C21H32FN/c1-2-17-8-12-19(13-9-17)20-14-10-18(11-15-20)6-4-3-5-7-21(22)16-23/h3,5,7,17-20H,2,4,6,8-15H2,1H3/b5-3+,21-7-. The number of hydrogen-bond donors (Lipinski definition) is 0. The molecule has 2 saturated carbocycles. The topological polar surface area (TPSA) is 23.8 Å². The molecule has 0 radical (unpaired) electrons.